The van der Waals surface area contributed by atoms with Crippen molar-refractivity contribution in [2.24, 2.45) is 4.99 Å². The highest BCUT2D eigenvalue weighted by atomic mass is 15.3. The van der Waals surface area contributed by atoms with Crippen molar-refractivity contribution in [1.82, 2.24) is 20.4 Å². The minimum atomic E-state index is 0.461. The zero-order chi connectivity index (χ0) is 20.3. The van der Waals surface area contributed by atoms with Crippen molar-refractivity contribution in [2.45, 2.75) is 39.2 Å². The van der Waals surface area contributed by atoms with Crippen LogP contribution in [0.25, 0.3) is 0 Å². The molecule has 0 spiro atoms. The van der Waals surface area contributed by atoms with Gasteiger partial charge in [0.25, 0.3) is 0 Å². The number of nitrogens with one attached hydrogen (secondary N) is 2. The molecule has 6 nitrogen and oxygen atoms in total. The average molecular weight is 401 g/mol. The van der Waals surface area contributed by atoms with E-state index in [4.69, 9.17) is 4.99 Å². The maximum Gasteiger partial charge on any atom is 0.191 e. The van der Waals surface area contributed by atoms with Gasteiger partial charge < -0.3 is 25.3 Å². The van der Waals surface area contributed by atoms with E-state index in [1.807, 2.05) is 0 Å². The monoisotopic (exact) mass is 400 g/mol. The van der Waals surface area contributed by atoms with E-state index in [-0.39, 0.29) is 0 Å². The summed E-state index contributed by atoms with van der Waals surface area (Å²) in [5.41, 5.74) is 1.32. The summed E-state index contributed by atoms with van der Waals surface area (Å²) in [4.78, 5) is 12.4. The van der Waals surface area contributed by atoms with E-state index in [2.05, 4.69) is 69.5 Å². The minimum absolute atomic E-state index is 0.461. The number of unbranched alkanes of at least 4 members (excludes halogenated alkanes) is 1. The second kappa shape index (κ2) is 12.0. The summed E-state index contributed by atoms with van der Waals surface area (Å²) < 4.78 is 0. The van der Waals surface area contributed by atoms with Gasteiger partial charge >= 0.3 is 0 Å². The first kappa shape index (κ1) is 21.9. The molecule has 1 unspecified atom stereocenters. The molecule has 2 heterocycles. The van der Waals surface area contributed by atoms with Gasteiger partial charge in [0.15, 0.2) is 5.96 Å². The van der Waals surface area contributed by atoms with E-state index in [1.165, 1.54) is 51.4 Å². The van der Waals surface area contributed by atoms with Crippen LogP contribution < -0.4 is 15.5 Å². The van der Waals surface area contributed by atoms with Gasteiger partial charge in [-0.25, -0.2) is 0 Å². The van der Waals surface area contributed by atoms with Gasteiger partial charge in [-0.1, -0.05) is 25.1 Å². The van der Waals surface area contributed by atoms with E-state index in [0.717, 1.165) is 45.0 Å². The molecule has 0 radical (unpaired) electrons. The van der Waals surface area contributed by atoms with Crippen LogP contribution in [0.2, 0.25) is 0 Å². The first-order valence-corrected chi connectivity index (χ1v) is 11.6. The SMILES string of the molecule is CCNC(=NCCCCN1CCN(CC)CC1)NC1CCN(c2ccccc2)C1. The van der Waals surface area contributed by atoms with Crippen LogP contribution in [0.1, 0.15) is 33.1 Å². The van der Waals surface area contributed by atoms with Crippen molar-refractivity contribution in [1.29, 1.82) is 0 Å². The standard InChI is InChI=1S/C23H40N6/c1-3-24-23(25-13-8-9-14-28-18-16-27(4-2)17-19-28)26-21-12-15-29(20-21)22-10-6-5-7-11-22/h5-7,10-11,21H,3-4,8-9,12-20H2,1-2H3,(H2,24,25,26). The lowest BCUT2D eigenvalue weighted by Crippen LogP contribution is -2.46. The molecule has 1 atom stereocenters. The zero-order valence-corrected chi connectivity index (χ0v) is 18.4. The number of para-hydroxylation sites is 1. The normalized spacial score (nSPS) is 21.5. The van der Waals surface area contributed by atoms with E-state index < -0.39 is 0 Å². The van der Waals surface area contributed by atoms with Gasteiger partial charge in [0.05, 0.1) is 0 Å². The predicted molar refractivity (Wildman–Crippen MR) is 124 cm³/mol. The molecule has 1 aromatic carbocycles. The number of guanidine groups is 1. The molecule has 1 aromatic rings. The molecule has 2 aliphatic heterocycles. The summed E-state index contributed by atoms with van der Waals surface area (Å²) in [6.45, 7) is 15.6. The fraction of sp³-hybridized carbons (Fsp3) is 0.696. The van der Waals surface area contributed by atoms with Gasteiger partial charge in [0.1, 0.15) is 0 Å². The van der Waals surface area contributed by atoms with Crippen molar-refractivity contribution in [2.75, 3.05) is 70.3 Å². The fourth-order valence-electron chi connectivity index (χ4n) is 4.23. The number of piperazine rings is 1. The van der Waals surface area contributed by atoms with Crippen LogP contribution >= 0.6 is 0 Å². The van der Waals surface area contributed by atoms with Crippen LogP contribution in [0.4, 0.5) is 5.69 Å². The Bertz CT molecular complexity index is 597. The number of likely N-dealkylation sites (N-methyl/N-ethyl adjacent to an activating group) is 1. The Balaban J connectivity index is 1.35. The van der Waals surface area contributed by atoms with Gasteiger partial charge in [-0.3, -0.25) is 4.99 Å². The topological polar surface area (TPSA) is 46.1 Å². The Morgan fingerprint density at radius 1 is 1.00 bits per heavy atom. The lowest BCUT2D eigenvalue weighted by Gasteiger charge is -2.33. The maximum atomic E-state index is 4.83. The third kappa shape index (κ3) is 7.19. The summed E-state index contributed by atoms with van der Waals surface area (Å²) in [5, 5.41) is 7.07. The van der Waals surface area contributed by atoms with Gasteiger partial charge in [-0.05, 0) is 51.4 Å². The minimum Gasteiger partial charge on any atom is -0.369 e. The number of hydrogen-bond acceptors (Lipinski definition) is 4. The van der Waals surface area contributed by atoms with E-state index in [0.29, 0.717) is 6.04 Å². The van der Waals surface area contributed by atoms with Crippen LogP contribution in [0.3, 0.4) is 0 Å². The highest BCUT2D eigenvalue weighted by Gasteiger charge is 2.23. The number of anilines is 1. The van der Waals surface area contributed by atoms with Gasteiger partial charge in [-0.15, -0.1) is 0 Å². The Kier molecular flexibility index (Phi) is 9.09. The van der Waals surface area contributed by atoms with Crippen molar-refractivity contribution >= 4 is 11.6 Å². The van der Waals surface area contributed by atoms with Crippen LogP contribution in [0.5, 0.6) is 0 Å². The third-order valence-corrected chi connectivity index (χ3v) is 6.06. The maximum absolute atomic E-state index is 4.83. The Morgan fingerprint density at radius 3 is 2.48 bits per heavy atom. The molecule has 0 aromatic heterocycles. The number of nitrogens with zero attached hydrogens (tertiary/aromatic N) is 4. The molecule has 2 aliphatic rings. The lowest BCUT2D eigenvalue weighted by molar-refractivity contribution is 0.136. The average Bonchev–Trinajstić information content (AvgIpc) is 3.23. The summed E-state index contributed by atoms with van der Waals surface area (Å²) in [6, 6.07) is 11.2. The fourth-order valence-corrected chi connectivity index (χ4v) is 4.23. The molecule has 0 amide bonds. The Hall–Kier alpha value is -1.79. The molecular formula is C23H40N6. The molecule has 2 N–H and O–H groups in total. The summed E-state index contributed by atoms with van der Waals surface area (Å²) >= 11 is 0. The third-order valence-electron chi connectivity index (χ3n) is 6.06. The number of aliphatic imine (C=N–C) groups is 1. The molecule has 3 rings (SSSR count). The number of rotatable bonds is 9. The predicted octanol–water partition coefficient (Wildman–Crippen LogP) is 2.24. The summed E-state index contributed by atoms with van der Waals surface area (Å²) in [5.74, 6) is 0.976. The Labute approximate surface area is 177 Å². The molecule has 2 fully saturated rings. The molecular weight excluding hydrogens is 360 g/mol. The molecule has 162 valence electrons. The van der Waals surface area contributed by atoms with Crippen LogP contribution in [0, 0.1) is 0 Å². The van der Waals surface area contributed by atoms with Crippen LogP contribution in [-0.4, -0.2) is 87.2 Å². The zero-order valence-electron chi connectivity index (χ0n) is 18.4. The number of benzene rings is 1. The molecule has 0 bridgehead atoms. The van der Waals surface area contributed by atoms with Gasteiger partial charge in [0.2, 0.25) is 0 Å². The van der Waals surface area contributed by atoms with Crippen molar-refractivity contribution in [3.63, 3.8) is 0 Å². The van der Waals surface area contributed by atoms with Crippen LogP contribution in [0.15, 0.2) is 35.3 Å². The Morgan fingerprint density at radius 2 is 1.76 bits per heavy atom. The van der Waals surface area contributed by atoms with Crippen molar-refractivity contribution in [3.8, 4) is 0 Å². The quantitative estimate of drug-likeness (QED) is 0.378. The molecule has 29 heavy (non-hydrogen) atoms. The smallest absolute Gasteiger partial charge is 0.191 e. The highest BCUT2D eigenvalue weighted by molar-refractivity contribution is 5.80. The van der Waals surface area contributed by atoms with E-state index >= 15 is 0 Å². The van der Waals surface area contributed by atoms with Gasteiger partial charge in [0, 0.05) is 64.1 Å². The van der Waals surface area contributed by atoms with Crippen LogP contribution in [-0.2, 0) is 0 Å². The summed E-state index contributed by atoms with van der Waals surface area (Å²) in [6.07, 6.45) is 3.55. The molecule has 6 heteroatoms. The first-order valence-electron chi connectivity index (χ1n) is 11.6. The lowest BCUT2D eigenvalue weighted by atomic mass is 10.2. The molecule has 2 saturated heterocycles. The highest BCUT2D eigenvalue weighted by Crippen LogP contribution is 2.19. The number of hydrogen-bond donors (Lipinski definition) is 2. The second-order valence-corrected chi connectivity index (χ2v) is 8.16. The molecule has 0 saturated carbocycles. The first-order chi connectivity index (χ1) is 14.3. The molecule has 0 aliphatic carbocycles. The van der Waals surface area contributed by atoms with E-state index in [1.54, 1.807) is 0 Å². The van der Waals surface area contributed by atoms with Gasteiger partial charge in [-0.2, -0.15) is 0 Å². The summed E-state index contributed by atoms with van der Waals surface area (Å²) in [7, 11) is 0. The largest absolute Gasteiger partial charge is 0.369 e. The van der Waals surface area contributed by atoms with E-state index in [9.17, 15) is 0 Å². The second-order valence-electron chi connectivity index (χ2n) is 8.16. The van der Waals surface area contributed by atoms with Crippen molar-refractivity contribution in [3.05, 3.63) is 30.3 Å². The van der Waals surface area contributed by atoms with Crippen molar-refractivity contribution < 1.29 is 0 Å².